The van der Waals surface area contributed by atoms with Gasteiger partial charge in [-0.25, -0.2) is 0 Å². The predicted molar refractivity (Wildman–Crippen MR) is 127 cm³/mol. The number of anilines is 1. The van der Waals surface area contributed by atoms with Crippen molar-refractivity contribution in [1.29, 1.82) is 0 Å². The van der Waals surface area contributed by atoms with Crippen molar-refractivity contribution in [2.75, 3.05) is 4.90 Å². The quantitative estimate of drug-likeness (QED) is 0.347. The Kier molecular flexibility index (Phi) is 5.11. The van der Waals surface area contributed by atoms with Gasteiger partial charge in [0.15, 0.2) is 0 Å². The first-order valence-electron chi connectivity index (χ1n) is 11.1. The van der Waals surface area contributed by atoms with E-state index in [1.165, 1.54) is 0 Å². The summed E-state index contributed by atoms with van der Waals surface area (Å²) in [5.41, 5.74) is 2.57. The van der Waals surface area contributed by atoms with Crippen molar-refractivity contribution < 1.29 is 13.7 Å². The van der Waals surface area contributed by atoms with E-state index in [1.807, 2.05) is 53.4 Å². The number of rotatable bonds is 4. The van der Waals surface area contributed by atoms with Gasteiger partial charge in [-0.15, -0.1) is 0 Å². The van der Waals surface area contributed by atoms with Gasteiger partial charge in [0.1, 0.15) is 5.76 Å². The second-order valence-corrected chi connectivity index (χ2v) is 9.28. The van der Waals surface area contributed by atoms with E-state index in [-0.39, 0.29) is 11.9 Å². The number of fused-ring (bicyclic) bond motifs is 2. The van der Waals surface area contributed by atoms with Crippen LogP contribution in [0.5, 0.6) is 0 Å². The molecule has 164 valence electrons. The highest BCUT2D eigenvalue weighted by Crippen LogP contribution is 2.45. The molecule has 0 saturated heterocycles. The molecule has 1 amide bonds. The van der Waals surface area contributed by atoms with Crippen molar-refractivity contribution in [2.45, 2.75) is 41.5 Å². The number of hydrogen-bond donors (Lipinski definition) is 0. The van der Waals surface area contributed by atoms with E-state index >= 15 is 0 Å². The number of hydrogen-bond acceptors (Lipinski definition) is 6. The zero-order chi connectivity index (χ0) is 22.2. The number of benzene rings is 2. The summed E-state index contributed by atoms with van der Waals surface area (Å²) in [6.07, 6.45) is 9.52. The van der Waals surface area contributed by atoms with Crippen LogP contribution in [0.4, 0.5) is 5.69 Å². The van der Waals surface area contributed by atoms with E-state index in [2.05, 4.69) is 16.2 Å². The molecule has 2 aliphatic rings. The maximum absolute atomic E-state index is 13.6. The Labute approximate surface area is 195 Å². The summed E-state index contributed by atoms with van der Waals surface area (Å²) in [4.78, 5) is 22.1. The maximum Gasteiger partial charge on any atom is 0.259 e. The summed E-state index contributed by atoms with van der Waals surface area (Å²) in [5, 5.41) is 4.16. The van der Waals surface area contributed by atoms with Gasteiger partial charge in [0.2, 0.25) is 5.82 Å². The Morgan fingerprint density at radius 1 is 1.00 bits per heavy atom. The third-order valence-corrected chi connectivity index (χ3v) is 7.22. The molecule has 7 heteroatoms. The highest BCUT2D eigenvalue weighted by Gasteiger charge is 2.34. The Morgan fingerprint density at radius 2 is 1.88 bits per heavy atom. The van der Waals surface area contributed by atoms with E-state index in [9.17, 15) is 4.79 Å². The minimum Gasteiger partial charge on any atom is -0.465 e. The van der Waals surface area contributed by atoms with Gasteiger partial charge in [0.05, 0.1) is 17.5 Å². The van der Waals surface area contributed by atoms with Crippen molar-refractivity contribution in [1.82, 2.24) is 10.1 Å². The molecule has 0 spiro atoms. The van der Waals surface area contributed by atoms with Gasteiger partial charge in [0, 0.05) is 27.5 Å². The molecule has 2 aromatic heterocycles. The molecule has 3 heterocycles. The highest BCUT2D eigenvalue weighted by molar-refractivity contribution is 7.99. The summed E-state index contributed by atoms with van der Waals surface area (Å²) in [6.45, 7) is 0. The number of carbonyl (C=O) groups is 1. The topological polar surface area (TPSA) is 72.4 Å². The first-order chi connectivity index (χ1) is 16.3. The van der Waals surface area contributed by atoms with E-state index in [0.29, 0.717) is 17.5 Å². The van der Waals surface area contributed by atoms with Crippen molar-refractivity contribution in [2.24, 2.45) is 0 Å². The Balaban J connectivity index is 1.38. The summed E-state index contributed by atoms with van der Waals surface area (Å²) >= 11 is 1.62. The van der Waals surface area contributed by atoms with Crippen LogP contribution < -0.4 is 4.90 Å². The minimum absolute atomic E-state index is 0.0846. The molecule has 0 N–H and O–H groups in total. The highest BCUT2D eigenvalue weighted by atomic mass is 32.2. The fourth-order valence-electron chi connectivity index (χ4n) is 4.51. The van der Waals surface area contributed by atoms with Gasteiger partial charge in [-0.3, -0.25) is 4.79 Å². The lowest BCUT2D eigenvalue weighted by Crippen LogP contribution is -2.39. The Bertz CT molecular complexity index is 1340. The Hall–Kier alpha value is -3.58. The predicted octanol–water partition coefficient (Wildman–Crippen LogP) is 6.55. The van der Waals surface area contributed by atoms with E-state index < -0.39 is 0 Å². The molecule has 1 saturated carbocycles. The molecule has 4 aromatic rings. The smallest absolute Gasteiger partial charge is 0.259 e. The van der Waals surface area contributed by atoms with Gasteiger partial charge in [-0.2, -0.15) is 4.98 Å². The number of aromatic nitrogens is 2. The van der Waals surface area contributed by atoms with Crippen LogP contribution in [0.25, 0.3) is 23.5 Å². The number of nitrogens with zero attached hydrogens (tertiary/aromatic N) is 3. The van der Waals surface area contributed by atoms with Crippen molar-refractivity contribution in [3.05, 3.63) is 78.1 Å². The lowest BCUT2D eigenvalue weighted by Gasteiger charge is -2.29. The first-order valence-corrected chi connectivity index (χ1v) is 11.9. The lowest BCUT2D eigenvalue weighted by atomic mass is 10.1. The number of carbonyl (C=O) groups excluding carboxylic acids is 1. The van der Waals surface area contributed by atoms with Gasteiger partial charge >= 0.3 is 0 Å². The summed E-state index contributed by atoms with van der Waals surface area (Å²) in [5.74, 6) is 1.71. The summed E-state index contributed by atoms with van der Waals surface area (Å²) < 4.78 is 10.7. The van der Waals surface area contributed by atoms with Gasteiger partial charge in [-0.1, -0.05) is 41.9 Å². The van der Waals surface area contributed by atoms with Gasteiger partial charge in [-0.05, 0) is 61.4 Å². The first kappa shape index (κ1) is 20.1. The van der Waals surface area contributed by atoms with Crippen LogP contribution in [0, 0.1) is 0 Å². The van der Waals surface area contributed by atoms with E-state index in [0.717, 1.165) is 52.3 Å². The zero-order valence-electron chi connectivity index (χ0n) is 17.8. The summed E-state index contributed by atoms with van der Waals surface area (Å²) in [7, 11) is 0. The van der Waals surface area contributed by atoms with Crippen LogP contribution >= 0.6 is 11.8 Å². The second kappa shape index (κ2) is 8.41. The largest absolute Gasteiger partial charge is 0.465 e. The van der Waals surface area contributed by atoms with Gasteiger partial charge < -0.3 is 13.8 Å². The maximum atomic E-state index is 13.6. The number of furan rings is 1. The molecule has 1 fully saturated rings. The fourth-order valence-corrected chi connectivity index (χ4v) is 5.61. The average Bonchev–Trinajstić information content (AvgIpc) is 3.61. The van der Waals surface area contributed by atoms with E-state index in [1.54, 1.807) is 30.2 Å². The van der Waals surface area contributed by atoms with Crippen LogP contribution in [0.1, 0.15) is 47.7 Å². The standard InChI is InChI=1S/C26H21N3O3S/c30-26-20-9-3-4-10-22(20)33-23-16-17(11-13-21(23)29(26)18-6-1-2-7-18)25-27-24(32-28-25)14-12-19-8-5-15-31-19/h3-5,8-16,18H,1-2,6-7H2/b14-12+. The average molecular weight is 456 g/mol. The van der Waals surface area contributed by atoms with Crippen molar-refractivity contribution >= 4 is 35.5 Å². The van der Waals surface area contributed by atoms with Crippen LogP contribution in [0.3, 0.4) is 0 Å². The third-order valence-electron chi connectivity index (χ3n) is 6.10. The molecule has 1 aliphatic carbocycles. The molecule has 0 unspecified atom stereocenters. The fraction of sp³-hybridized carbons (Fsp3) is 0.192. The Morgan fingerprint density at radius 3 is 2.73 bits per heavy atom. The molecule has 0 bridgehead atoms. The molecule has 0 radical (unpaired) electrons. The molecule has 0 atom stereocenters. The lowest BCUT2D eigenvalue weighted by molar-refractivity contribution is 0.0974. The van der Waals surface area contributed by atoms with Crippen molar-refractivity contribution in [3.63, 3.8) is 0 Å². The second-order valence-electron chi connectivity index (χ2n) is 8.20. The molecular weight excluding hydrogens is 434 g/mol. The van der Waals surface area contributed by atoms with E-state index in [4.69, 9.17) is 8.94 Å². The van der Waals surface area contributed by atoms with Crippen LogP contribution in [-0.2, 0) is 0 Å². The van der Waals surface area contributed by atoms with Crippen LogP contribution in [0.2, 0.25) is 0 Å². The zero-order valence-corrected chi connectivity index (χ0v) is 18.6. The molecule has 1 aliphatic heterocycles. The van der Waals surface area contributed by atoms with Crippen molar-refractivity contribution in [3.8, 4) is 11.4 Å². The minimum atomic E-state index is 0.0846. The molecule has 33 heavy (non-hydrogen) atoms. The number of amides is 1. The molecule has 2 aromatic carbocycles. The molecule has 6 rings (SSSR count). The van der Waals surface area contributed by atoms with Crippen LogP contribution in [-0.4, -0.2) is 22.1 Å². The normalized spacial score (nSPS) is 16.2. The monoisotopic (exact) mass is 455 g/mol. The van der Waals surface area contributed by atoms with Crippen LogP contribution in [0.15, 0.2) is 79.6 Å². The van der Waals surface area contributed by atoms with Gasteiger partial charge in [0.25, 0.3) is 11.8 Å². The summed E-state index contributed by atoms with van der Waals surface area (Å²) in [6, 6.07) is 17.8. The third kappa shape index (κ3) is 3.78. The SMILES string of the molecule is O=C1c2ccccc2Sc2cc(-c3noc(/C=C/c4ccco4)n3)ccc2N1C1CCCC1. The molecular formula is C26H21N3O3S. The molecule has 6 nitrogen and oxygen atoms in total.